The molecule has 0 aliphatic heterocycles. The highest BCUT2D eigenvalue weighted by Crippen LogP contribution is 2.28. The summed E-state index contributed by atoms with van der Waals surface area (Å²) < 4.78 is 4.66. The number of esters is 1. The first-order chi connectivity index (χ1) is 9.10. The molecule has 2 aromatic rings. The van der Waals surface area contributed by atoms with Gasteiger partial charge in [-0.15, -0.1) is 11.3 Å². The number of ketones is 1. The van der Waals surface area contributed by atoms with Gasteiger partial charge in [0.1, 0.15) is 5.78 Å². The van der Waals surface area contributed by atoms with Crippen LogP contribution in [0.15, 0.2) is 36.4 Å². The van der Waals surface area contributed by atoms with Crippen LogP contribution < -0.4 is 0 Å². The van der Waals surface area contributed by atoms with Gasteiger partial charge in [0.05, 0.1) is 12.7 Å². The summed E-state index contributed by atoms with van der Waals surface area (Å²) >= 11 is 1.60. The van der Waals surface area contributed by atoms with Gasteiger partial charge in [-0.25, -0.2) is 4.79 Å². The molecule has 2 rings (SSSR count). The Morgan fingerprint density at radius 1 is 1.11 bits per heavy atom. The summed E-state index contributed by atoms with van der Waals surface area (Å²) in [4.78, 5) is 24.5. The number of thiophene rings is 1. The SMILES string of the molecule is COC(=O)c1ccc(-c2ccc(CC(C)=O)s2)cc1. The average molecular weight is 274 g/mol. The van der Waals surface area contributed by atoms with Gasteiger partial charge in [0, 0.05) is 16.2 Å². The fraction of sp³-hybridized carbons (Fsp3) is 0.200. The quantitative estimate of drug-likeness (QED) is 0.803. The molecule has 1 heterocycles. The highest BCUT2D eigenvalue weighted by atomic mass is 32.1. The Kier molecular flexibility index (Phi) is 4.12. The Morgan fingerprint density at radius 2 is 1.79 bits per heavy atom. The van der Waals surface area contributed by atoms with Gasteiger partial charge in [-0.2, -0.15) is 0 Å². The van der Waals surface area contributed by atoms with E-state index in [2.05, 4.69) is 4.74 Å². The fourth-order valence-electron chi connectivity index (χ4n) is 1.76. The highest BCUT2D eigenvalue weighted by Gasteiger charge is 2.07. The number of hydrogen-bond donors (Lipinski definition) is 0. The maximum absolute atomic E-state index is 11.3. The first-order valence-electron chi connectivity index (χ1n) is 5.87. The second-order valence-electron chi connectivity index (χ2n) is 4.21. The van der Waals surface area contributed by atoms with Crippen molar-refractivity contribution in [2.75, 3.05) is 7.11 Å². The van der Waals surface area contributed by atoms with Crippen LogP contribution in [-0.4, -0.2) is 18.9 Å². The van der Waals surface area contributed by atoms with Gasteiger partial charge in [-0.1, -0.05) is 12.1 Å². The third-order valence-electron chi connectivity index (χ3n) is 2.68. The van der Waals surface area contributed by atoms with Crippen molar-refractivity contribution in [3.63, 3.8) is 0 Å². The Balaban J connectivity index is 2.20. The lowest BCUT2D eigenvalue weighted by Gasteiger charge is -2.01. The first-order valence-corrected chi connectivity index (χ1v) is 6.68. The molecule has 0 atom stereocenters. The number of benzene rings is 1. The maximum Gasteiger partial charge on any atom is 0.337 e. The van der Waals surface area contributed by atoms with E-state index in [1.807, 2.05) is 24.3 Å². The van der Waals surface area contributed by atoms with Crippen LogP contribution in [-0.2, 0) is 16.0 Å². The van der Waals surface area contributed by atoms with Crippen LogP contribution in [0.1, 0.15) is 22.2 Å². The predicted octanol–water partition coefficient (Wildman–Crippen LogP) is 3.33. The molecule has 4 heteroatoms. The molecule has 19 heavy (non-hydrogen) atoms. The summed E-state index contributed by atoms with van der Waals surface area (Å²) in [5, 5.41) is 0. The Bertz CT molecular complexity index is 596. The zero-order valence-corrected chi connectivity index (χ0v) is 11.6. The number of rotatable bonds is 4. The maximum atomic E-state index is 11.3. The molecule has 0 saturated heterocycles. The second kappa shape index (κ2) is 5.80. The Hall–Kier alpha value is -1.94. The second-order valence-corrected chi connectivity index (χ2v) is 5.38. The minimum absolute atomic E-state index is 0.162. The van der Waals surface area contributed by atoms with E-state index in [4.69, 9.17) is 0 Å². The molecule has 1 aromatic carbocycles. The minimum Gasteiger partial charge on any atom is -0.465 e. The lowest BCUT2D eigenvalue weighted by atomic mass is 10.1. The standard InChI is InChI=1S/C15H14O3S/c1-10(16)9-13-7-8-14(19-13)11-3-5-12(6-4-11)15(17)18-2/h3-8H,9H2,1-2H3. The molecule has 0 aliphatic carbocycles. The fourth-order valence-corrected chi connectivity index (χ4v) is 2.85. The van der Waals surface area contributed by atoms with E-state index >= 15 is 0 Å². The topological polar surface area (TPSA) is 43.4 Å². The van der Waals surface area contributed by atoms with Crippen LogP contribution in [0.2, 0.25) is 0 Å². The van der Waals surface area contributed by atoms with E-state index < -0.39 is 0 Å². The molecule has 0 spiro atoms. The van der Waals surface area contributed by atoms with E-state index in [1.165, 1.54) is 7.11 Å². The number of ether oxygens (including phenoxy) is 1. The largest absolute Gasteiger partial charge is 0.465 e. The molecule has 0 fully saturated rings. The van der Waals surface area contributed by atoms with Crippen molar-refractivity contribution in [1.82, 2.24) is 0 Å². The normalized spacial score (nSPS) is 10.2. The molecule has 0 unspecified atom stereocenters. The zero-order valence-electron chi connectivity index (χ0n) is 10.8. The number of Topliss-reactive ketones (excluding diaryl/α,β-unsaturated/α-hetero) is 1. The molecular weight excluding hydrogens is 260 g/mol. The van der Waals surface area contributed by atoms with E-state index in [0.717, 1.165) is 15.3 Å². The first kappa shape index (κ1) is 13.5. The number of carbonyl (C=O) groups excluding carboxylic acids is 2. The number of methoxy groups -OCH3 is 1. The summed E-state index contributed by atoms with van der Waals surface area (Å²) in [5.41, 5.74) is 1.57. The van der Waals surface area contributed by atoms with Gasteiger partial charge in [-0.05, 0) is 36.8 Å². The highest BCUT2D eigenvalue weighted by molar-refractivity contribution is 7.15. The van der Waals surface area contributed by atoms with Gasteiger partial charge in [-0.3, -0.25) is 4.79 Å². The van der Waals surface area contributed by atoms with Crippen molar-refractivity contribution >= 4 is 23.1 Å². The number of carbonyl (C=O) groups is 2. The van der Waals surface area contributed by atoms with Crippen molar-refractivity contribution in [3.8, 4) is 10.4 Å². The van der Waals surface area contributed by atoms with Crippen LogP contribution in [0.3, 0.4) is 0 Å². The van der Waals surface area contributed by atoms with Gasteiger partial charge < -0.3 is 4.74 Å². The monoisotopic (exact) mass is 274 g/mol. The van der Waals surface area contributed by atoms with Crippen molar-refractivity contribution in [1.29, 1.82) is 0 Å². The average Bonchev–Trinajstić information content (AvgIpc) is 2.85. The summed E-state index contributed by atoms with van der Waals surface area (Å²) in [6.07, 6.45) is 0.477. The molecule has 0 aliphatic rings. The summed E-state index contributed by atoms with van der Waals surface area (Å²) in [7, 11) is 1.36. The van der Waals surface area contributed by atoms with E-state index in [0.29, 0.717) is 12.0 Å². The van der Waals surface area contributed by atoms with E-state index in [9.17, 15) is 9.59 Å². The molecule has 3 nitrogen and oxygen atoms in total. The van der Waals surface area contributed by atoms with Crippen molar-refractivity contribution in [3.05, 3.63) is 46.8 Å². The molecule has 98 valence electrons. The van der Waals surface area contributed by atoms with E-state index in [1.54, 1.807) is 30.4 Å². The Morgan fingerprint density at radius 3 is 2.37 bits per heavy atom. The molecule has 0 saturated carbocycles. The van der Waals surface area contributed by atoms with Crippen molar-refractivity contribution < 1.29 is 14.3 Å². The van der Waals surface area contributed by atoms with Crippen LogP contribution in [0.4, 0.5) is 0 Å². The third kappa shape index (κ3) is 3.29. The third-order valence-corrected chi connectivity index (χ3v) is 3.81. The zero-order chi connectivity index (χ0) is 13.8. The van der Waals surface area contributed by atoms with Crippen LogP contribution >= 0.6 is 11.3 Å². The molecule has 0 radical (unpaired) electrons. The number of hydrogen-bond acceptors (Lipinski definition) is 4. The smallest absolute Gasteiger partial charge is 0.337 e. The predicted molar refractivity (Wildman–Crippen MR) is 75.5 cm³/mol. The van der Waals surface area contributed by atoms with Gasteiger partial charge in [0.2, 0.25) is 0 Å². The Labute approximate surface area is 115 Å². The van der Waals surface area contributed by atoms with Crippen molar-refractivity contribution in [2.45, 2.75) is 13.3 Å². The summed E-state index contributed by atoms with van der Waals surface area (Å²) in [6.45, 7) is 1.59. The minimum atomic E-state index is -0.338. The molecule has 0 bridgehead atoms. The molecule has 0 amide bonds. The van der Waals surface area contributed by atoms with Crippen molar-refractivity contribution in [2.24, 2.45) is 0 Å². The van der Waals surface area contributed by atoms with Gasteiger partial charge in [0.15, 0.2) is 0 Å². The lowest BCUT2D eigenvalue weighted by molar-refractivity contribution is -0.116. The van der Waals surface area contributed by atoms with Crippen LogP contribution in [0, 0.1) is 0 Å². The molecule has 1 aromatic heterocycles. The van der Waals surface area contributed by atoms with Gasteiger partial charge >= 0.3 is 5.97 Å². The molecular formula is C15H14O3S. The summed E-state index contributed by atoms with van der Waals surface area (Å²) in [6, 6.07) is 11.2. The van der Waals surface area contributed by atoms with Crippen LogP contribution in [0.25, 0.3) is 10.4 Å². The molecule has 0 N–H and O–H groups in total. The van der Waals surface area contributed by atoms with Gasteiger partial charge in [0.25, 0.3) is 0 Å². The van der Waals surface area contributed by atoms with Crippen LogP contribution in [0.5, 0.6) is 0 Å². The lowest BCUT2D eigenvalue weighted by Crippen LogP contribution is -2.00. The summed E-state index contributed by atoms with van der Waals surface area (Å²) in [5.74, 6) is -0.176. The van der Waals surface area contributed by atoms with E-state index in [-0.39, 0.29) is 11.8 Å².